The molecule has 0 saturated carbocycles. The van der Waals surface area contributed by atoms with Crippen LogP contribution in [-0.4, -0.2) is 44.9 Å². The fourth-order valence-electron chi connectivity index (χ4n) is 3.10. The molecule has 1 unspecified atom stereocenters. The van der Waals surface area contributed by atoms with Gasteiger partial charge in [0.15, 0.2) is 0 Å². The number of hydrogen-bond acceptors (Lipinski definition) is 3. The molecule has 0 aliphatic carbocycles. The maximum atomic E-state index is 13.2. The number of amides is 2. The molecule has 0 bridgehead atoms. The molecule has 2 N–H and O–H groups in total. The lowest BCUT2D eigenvalue weighted by atomic mass is 10.1. The van der Waals surface area contributed by atoms with Gasteiger partial charge in [0.25, 0.3) is 0 Å². The molecule has 1 atom stereocenters. The van der Waals surface area contributed by atoms with E-state index in [0.29, 0.717) is 30.8 Å². The van der Waals surface area contributed by atoms with Crippen LogP contribution < -0.4 is 5.32 Å². The van der Waals surface area contributed by atoms with Crippen molar-refractivity contribution in [2.24, 2.45) is 5.92 Å². The number of carbonyl (C=O) groups excluding carboxylic acids is 1. The molecule has 1 aliphatic rings. The quantitative estimate of drug-likeness (QED) is 0.858. The number of urea groups is 1. The maximum absolute atomic E-state index is 13.2. The predicted molar refractivity (Wildman–Crippen MR) is 93.9 cm³/mol. The molecule has 3 rings (SSSR count). The monoisotopic (exact) mass is 360 g/mol. The van der Waals surface area contributed by atoms with Crippen LogP contribution in [0.2, 0.25) is 0 Å². The summed E-state index contributed by atoms with van der Waals surface area (Å²) in [6, 6.07) is 5.66. The fourth-order valence-corrected chi connectivity index (χ4v) is 3.10. The summed E-state index contributed by atoms with van der Waals surface area (Å²) in [6.07, 6.45) is 3.56. The van der Waals surface area contributed by atoms with Crippen molar-refractivity contribution < 1.29 is 19.1 Å². The number of anilines is 1. The van der Waals surface area contributed by atoms with Crippen LogP contribution >= 0.6 is 0 Å². The summed E-state index contributed by atoms with van der Waals surface area (Å²) in [4.78, 5) is 25.0. The van der Waals surface area contributed by atoms with Gasteiger partial charge in [-0.2, -0.15) is 5.10 Å². The zero-order chi connectivity index (χ0) is 18.7. The highest BCUT2D eigenvalue weighted by molar-refractivity contribution is 5.90. The minimum absolute atomic E-state index is 0.205. The van der Waals surface area contributed by atoms with Crippen LogP contribution in [0, 0.1) is 11.7 Å². The van der Waals surface area contributed by atoms with E-state index in [1.807, 2.05) is 6.92 Å². The lowest BCUT2D eigenvalue weighted by Crippen LogP contribution is -2.34. The number of likely N-dealkylation sites (tertiary alicyclic amines) is 1. The molecule has 7 nitrogen and oxygen atoms in total. The van der Waals surface area contributed by atoms with E-state index in [2.05, 4.69) is 10.4 Å². The van der Waals surface area contributed by atoms with Gasteiger partial charge in [-0.15, -0.1) is 0 Å². The van der Waals surface area contributed by atoms with Gasteiger partial charge in [0.05, 0.1) is 29.2 Å². The number of nitrogens with one attached hydrogen (secondary N) is 1. The Hall–Kier alpha value is -2.90. The van der Waals surface area contributed by atoms with E-state index in [9.17, 15) is 14.0 Å². The molecule has 1 aromatic heterocycles. The Morgan fingerprint density at radius 2 is 2.08 bits per heavy atom. The first kappa shape index (κ1) is 17.9. The average Bonchev–Trinajstić information content (AvgIpc) is 3.24. The Bertz CT molecular complexity index is 803. The third-order valence-corrected chi connectivity index (χ3v) is 4.49. The van der Waals surface area contributed by atoms with Gasteiger partial charge in [-0.1, -0.05) is 13.3 Å². The lowest BCUT2D eigenvalue weighted by Gasteiger charge is -2.17. The second-order valence-corrected chi connectivity index (χ2v) is 6.34. The molecule has 1 fully saturated rings. The van der Waals surface area contributed by atoms with Crippen molar-refractivity contribution in [2.75, 3.05) is 18.4 Å². The number of aromatic nitrogens is 2. The molecule has 0 spiro atoms. The van der Waals surface area contributed by atoms with Crippen LogP contribution in [0.3, 0.4) is 0 Å². The Balaban J connectivity index is 1.78. The number of aliphatic carboxylic acids is 1. The number of rotatable bonds is 5. The van der Waals surface area contributed by atoms with Gasteiger partial charge >= 0.3 is 12.0 Å². The van der Waals surface area contributed by atoms with Crippen molar-refractivity contribution in [3.05, 3.63) is 42.0 Å². The summed E-state index contributed by atoms with van der Waals surface area (Å²) in [6.45, 7) is 2.64. The number of carbonyl (C=O) groups is 2. The van der Waals surface area contributed by atoms with Gasteiger partial charge in [-0.3, -0.25) is 4.79 Å². The summed E-state index contributed by atoms with van der Waals surface area (Å²) in [5.74, 6) is -1.72. The van der Waals surface area contributed by atoms with Gasteiger partial charge < -0.3 is 15.3 Å². The minimum Gasteiger partial charge on any atom is -0.481 e. The Labute approximate surface area is 150 Å². The molecule has 138 valence electrons. The van der Waals surface area contributed by atoms with Crippen molar-refractivity contribution in [1.29, 1.82) is 0 Å². The van der Waals surface area contributed by atoms with Crippen LogP contribution in [0.25, 0.3) is 5.69 Å². The zero-order valence-corrected chi connectivity index (χ0v) is 14.5. The molecular weight excluding hydrogens is 339 g/mol. The third-order valence-electron chi connectivity index (χ3n) is 4.49. The van der Waals surface area contributed by atoms with Gasteiger partial charge in [0.1, 0.15) is 5.82 Å². The zero-order valence-electron chi connectivity index (χ0n) is 14.5. The molecule has 2 heterocycles. The molecule has 2 aromatic rings. The van der Waals surface area contributed by atoms with E-state index < -0.39 is 11.9 Å². The highest BCUT2D eigenvalue weighted by Crippen LogP contribution is 2.23. The molecule has 26 heavy (non-hydrogen) atoms. The van der Waals surface area contributed by atoms with E-state index in [1.54, 1.807) is 23.0 Å². The molecule has 1 aliphatic heterocycles. The summed E-state index contributed by atoms with van der Waals surface area (Å²) >= 11 is 0. The molecule has 2 amide bonds. The summed E-state index contributed by atoms with van der Waals surface area (Å²) in [5.41, 5.74) is 2.11. The first-order valence-electron chi connectivity index (χ1n) is 8.61. The number of carboxylic acid groups (broad SMARTS) is 1. The van der Waals surface area contributed by atoms with E-state index in [4.69, 9.17) is 5.11 Å². The van der Waals surface area contributed by atoms with Crippen LogP contribution in [-0.2, 0) is 11.2 Å². The number of hydrogen-bond donors (Lipinski definition) is 2. The van der Waals surface area contributed by atoms with E-state index >= 15 is 0 Å². The number of halogens is 1. The molecular formula is C18H21FN4O3. The van der Waals surface area contributed by atoms with Crippen LogP contribution in [0.1, 0.15) is 25.5 Å². The molecule has 1 aromatic carbocycles. The summed E-state index contributed by atoms with van der Waals surface area (Å²) < 4.78 is 14.8. The second kappa shape index (κ2) is 7.55. The van der Waals surface area contributed by atoms with Crippen LogP contribution in [0.15, 0.2) is 30.5 Å². The van der Waals surface area contributed by atoms with E-state index in [1.165, 1.54) is 17.0 Å². The average molecular weight is 360 g/mol. The Morgan fingerprint density at radius 1 is 1.35 bits per heavy atom. The fraction of sp³-hybridized carbons (Fsp3) is 0.389. The maximum Gasteiger partial charge on any atom is 0.321 e. The standard InChI is InChI=1S/C18H21FN4O3/c1-2-3-16-15(10-20-23(16)14-6-4-13(19)5-7-14)21-18(26)22-9-8-12(11-22)17(24)25/h4-7,10,12H,2-3,8-9,11H2,1H3,(H,21,26)(H,24,25). The topological polar surface area (TPSA) is 87.5 Å². The molecule has 0 radical (unpaired) electrons. The van der Waals surface area contributed by atoms with Crippen molar-refractivity contribution in [3.63, 3.8) is 0 Å². The summed E-state index contributed by atoms with van der Waals surface area (Å²) in [5, 5.41) is 16.2. The number of nitrogens with zero attached hydrogens (tertiary/aromatic N) is 3. The summed E-state index contributed by atoms with van der Waals surface area (Å²) in [7, 11) is 0. The van der Waals surface area contributed by atoms with Crippen molar-refractivity contribution >= 4 is 17.7 Å². The largest absolute Gasteiger partial charge is 0.481 e. The first-order valence-corrected chi connectivity index (χ1v) is 8.61. The smallest absolute Gasteiger partial charge is 0.321 e. The number of carboxylic acids is 1. The van der Waals surface area contributed by atoms with Crippen LogP contribution in [0.4, 0.5) is 14.9 Å². The highest BCUT2D eigenvalue weighted by atomic mass is 19.1. The Morgan fingerprint density at radius 3 is 2.69 bits per heavy atom. The van der Waals surface area contributed by atoms with Crippen molar-refractivity contribution in [3.8, 4) is 5.69 Å². The van der Waals surface area contributed by atoms with Crippen LogP contribution in [0.5, 0.6) is 0 Å². The predicted octanol–water partition coefficient (Wildman–Crippen LogP) is 2.90. The first-order chi connectivity index (χ1) is 12.5. The van der Waals surface area contributed by atoms with Gasteiger partial charge in [0, 0.05) is 13.1 Å². The third kappa shape index (κ3) is 3.68. The Kier molecular flexibility index (Phi) is 5.20. The van der Waals surface area contributed by atoms with Crippen molar-refractivity contribution in [2.45, 2.75) is 26.2 Å². The molecule has 8 heteroatoms. The van der Waals surface area contributed by atoms with Gasteiger partial charge in [0.2, 0.25) is 0 Å². The van der Waals surface area contributed by atoms with Crippen molar-refractivity contribution in [1.82, 2.24) is 14.7 Å². The normalized spacial score (nSPS) is 16.7. The van der Waals surface area contributed by atoms with Gasteiger partial charge in [-0.05, 0) is 37.1 Å². The van der Waals surface area contributed by atoms with E-state index in [0.717, 1.165) is 12.1 Å². The second-order valence-electron chi connectivity index (χ2n) is 6.34. The molecule has 1 saturated heterocycles. The highest BCUT2D eigenvalue weighted by Gasteiger charge is 2.31. The minimum atomic E-state index is -0.879. The SMILES string of the molecule is CCCc1c(NC(=O)N2CCC(C(=O)O)C2)cnn1-c1ccc(F)cc1. The van der Waals surface area contributed by atoms with E-state index in [-0.39, 0.29) is 18.4 Å². The lowest BCUT2D eigenvalue weighted by molar-refractivity contribution is -0.141. The number of benzene rings is 1. The van der Waals surface area contributed by atoms with Gasteiger partial charge in [-0.25, -0.2) is 13.9 Å².